The van der Waals surface area contributed by atoms with E-state index in [0.29, 0.717) is 11.3 Å². The number of hydrogen-bond acceptors (Lipinski definition) is 6. The first kappa shape index (κ1) is 14.6. The van der Waals surface area contributed by atoms with E-state index in [0.717, 1.165) is 36.3 Å². The average molecular weight is 302 g/mol. The van der Waals surface area contributed by atoms with E-state index >= 15 is 0 Å². The van der Waals surface area contributed by atoms with E-state index in [9.17, 15) is 4.79 Å². The molecule has 1 aliphatic carbocycles. The van der Waals surface area contributed by atoms with Crippen LogP contribution in [0.1, 0.15) is 39.6 Å². The summed E-state index contributed by atoms with van der Waals surface area (Å²) in [6, 6.07) is 0.0663. The lowest BCUT2D eigenvalue weighted by Gasteiger charge is -2.24. The summed E-state index contributed by atoms with van der Waals surface area (Å²) in [7, 11) is 1.55. The molecule has 0 bridgehead atoms. The van der Waals surface area contributed by atoms with Crippen LogP contribution >= 0.6 is 0 Å². The first-order valence-corrected chi connectivity index (χ1v) is 7.22. The quantitative estimate of drug-likeness (QED) is 0.913. The molecule has 0 saturated heterocycles. The van der Waals surface area contributed by atoms with Crippen LogP contribution in [0, 0.1) is 6.92 Å². The van der Waals surface area contributed by atoms with Gasteiger partial charge in [-0.1, -0.05) is 5.16 Å². The van der Waals surface area contributed by atoms with Crippen molar-refractivity contribution >= 4 is 5.91 Å². The van der Waals surface area contributed by atoms with Crippen LogP contribution in [-0.2, 0) is 24.2 Å². The number of nitrogens with zero attached hydrogens (tertiary/aromatic N) is 3. The van der Waals surface area contributed by atoms with Gasteiger partial charge in [0.05, 0.1) is 6.61 Å². The number of amides is 1. The molecule has 7 heteroatoms. The summed E-state index contributed by atoms with van der Waals surface area (Å²) in [5, 5.41) is 6.81. The molecule has 116 valence electrons. The number of rotatable bonds is 4. The molecule has 2 aromatic rings. The lowest BCUT2D eigenvalue weighted by Crippen LogP contribution is -2.39. The van der Waals surface area contributed by atoms with E-state index in [4.69, 9.17) is 9.26 Å². The second-order valence-electron chi connectivity index (χ2n) is 5.41. The van der Waals surface area contributed by atoms with Gasteiger partial charge in [-0.25, -0.2) is 9.97 Å². The summed E-state index contributed by atoms with van der Waals surface area (Å²) in [6.45, 7) is 2.14. The summed E-state index contributed by atoms with van der Waals surface area (Å²) < 4.78 is 9.87. The third-order valence-electron chi connectivity index (χ3n) is 3.78. The molecule has 0 saturated carbocycles. The Morgan fingerprint density at radius 1 is 1.55 bits per heavy atom. The number of aryl methyl sites for hydroxylation is 2. The van der Waals surface area contributed by atoms with Gasteiger partial charge in [0.1, 0.15) is 23.3 Å². The second-order valence-corrected chi connectivity index (χ2v) is 5.41. The van der Waals surface area contributed by atoms with Gasteiger partial charge in [0, 0.05) is 25.0 Å². The van der Waals surface area contributed by atoms with E-state index in [-0.39, 0.29) is 18.6 Å². The number of ether oxygens (including phenoxy) is 1. The second kappa shape index (κ2) is 6.23. The third kappa shape index (κ3) is 2.99. The van der Waals surface area contributed by atoms with Gasteiger partial charge < -0.3 is 14.6 Å². The van der Waals surface area contributed by atoms with Gasteiger partial charge in [0.15, 0.2) is 0 Å². The fourth-order valence-electron chi connectivity index (χ4n) is 2.68. The molecular weight excluding hydrogens is 284 g/mol. The monoisotopic (exact) mass is 302 g/mol. The highest BCUT2D eigenvalue weighted by Crippen LogP contribution is 2.20. The zero-order chi connectivity index (χ0) is 15.5. The van der Waals surface area contributed by atoms with Crippen LogP contribution in [0.3, 0.4) is 0 Å². The molecule has 0 fully saturated rings. The van der Waals surface area contributed by atoms with Crippen molar-refractivity contribution in [2.24, 2.45) is 0 Å². The van der Waals surface area contributed by atoms with Gasteiger partial charge in [-0.05, 0) is 31.7 Å². The predicted molar refractivity (Wildman–Crippen MR) is 77.3 cm³/mol. The van der Waals surface area contributed by atoms with Crippen molar-refractivity contribution in [3.8, 4) is 0 Å². The van der Waals surface area contributed by atoms with Gasteiger partial charge in [-0.3, -0.25) is 4.79 Å². The van der Waals surface area contributed by atoms with Crippen molar-refractivity contribution < 1.29 is 14.1 Å². The maximum atomic E-state index is 12.3. The van der Waals surface area contributed by atoms with E-state index in [2.05, 4.69) is 20.4 Å². The maximum absolute atomic E-state index is 12.3. The van der Waals surface area contributed by atoms with Crippen LogP contribution in [0.2, 0.25) is 0 Å². The minimum absolute atomic E-state index is 0.0663. The fourth-order valence-corrected chi connectivity index (χ4v) is 2.68. The molecule has 0 aromatic carbocycles. The zero-order valence-electron chi connectivity index (χ0n) is 12.6. The lowest BCUT2D eigenvalue weighted by molar-refractivity contribution is 0.0928. The highest BCUT2D eigenvalue weighted by Gasteiger charge is 2.24. The van der Waals surface area contributed by atoms with Gasteiger partial charge in [0.25, 0.3) is 5.91 Å². The van der Waals surface area contributed by atoms with Crippen LogP contribution in [0.25, 0.3) is 0 Å². The van der Waals surface area contributed by atoms with Gasteiger partial charge >= 0.3 is 0 Å². The number of aromatic nitrogens is 3. The van der Waals surface area contributed by atoms with Crippen LogP contribution < -0.4 is 5.32 Å². The standard InChI is InChI=1S/C15H18N4O3/c1-9-16-6-10-5-11(3-4-13(10)17-9)18-15(20)12-7-22-19-14(12)8-21-2/h6-7,11H,3-5,8H2,1-2H3,(H,18,20). The van der Waals surface area contributed by atoms with Crippen LogP contribution in [0.4, 0.5) is 0 Å². The van der Waals surface area contributed by atoms with Crippen molar-refractivity contribution in [1.29, 1.82) is 0 Å². The van der Waals surface area contributed by atoms with Crippen LogP contribution in [0.5, 0.6) is 0 Å². The summed E-state index contributed by atoms with van der Waals surface area (Å²) >= 11 is 0. The van der Waals surface area contributed by atoms with Gasteiger partial charge in [-0.2, -0.15) is 0 Å². The van der Waals surface area contributed by atoms with Crippen molar-refractivity contribution in [1.82, 2.24) is 20.4 Å². The number of hydrogen-bond donors (Lipinski definition) is 1. The Morgan fingerprint density at radius 2 is 2.41 bits per heavy atom. The molecule has 1 N–H and O–H groups in total. The molecule has 7 nitrogen and oxygen atoms in total. The smallest absolute Gasteiger partial charge is 0.256 e. The molecule has 0 radical (unpaired) electrons. The number of nitrogens with one attached hydrogen (secondary N) is 1. The maximum Gasteiger partial charge on any atom is 0.256 e. The van der Waals surface area contributed by atoms with Crippen LogP contribution in [0.15, 0.2) is 17.0 Å². The number of carbonyl (C=O) groups excluding carboxylic acids is 1. The topological polar surface area (TPSA) is 90.1 Å². The van der Waals surface area contributed by atoms with E-state index < -0.39 is 0 Å². The van der Waals surface area contributed by atoms with Crippen molar-refractivity contribution in [3.63, 3.8) is 0 Å². The number of fused-ring (bicyclic) bond motifs is 1. The number of methoxy groups -OCH3 is 1. The first-order valence-electron chi connectivity index (χ1n) is 7.22. The van der Waals surface area contributed by atoms with Crippen LogP contribution in [-0.4, -0.2) is 34.2 Å². The largest absolute Gasteiger partial charge is 0.378 e. The van der Waals surface area contributed by atoms with E-state index in [1.165, 1.54) is 6.26 Å². The molecule has 2 heterocycles. The molecule has 0 aliphatic heterocycles. The zero-order valence-corrected chi connectivity index (χ0v) is 12.6. The Balaban J connectivity index is 1.68. The molecule has 3 rings (SSSR count). The SMILES string of the molecule is COCc1nocc1C(=O)NC1CCc2nc(C)ncc2C1. The van der Waals surface area contributed by atoms with Crippen molar-refractivity contribution in [2.75, 3.05) is 7.11 Å². The van der Waals surface area contributed by atoms with Gasteiger partial charge in [-0.15, -0.1) is 0 Å². The highest BCUT2D eigenvalue weighted by atomic mass is 16.5. The molecule has 22 heavy (non-hydrogen) atoms. The van der Waals surface area contributed by atoms with E-state index in [1.54, 1.807) is 7.11 Å². The first-order chi connectivity index (χ1) is 10.7. The molecule has 2 aromatic heterocycles. The average Bonchev–Trinajstić information content (AvgIpc) is 2.96. The third-order valence-corrected chi connectivity index (χ3v) is 3.78. The minimum atomic E-state index is -0.185. The number of carbonyl (C=O) groups is 1. The minimum Gasteiger partial charge on any atom is -0.378 e. The molecule has 1 atom stereocenters. The van der Waals surface area contributed by atoms with Crippen molar-refractivity contribution in [2.45, 2.75) is 38.8 Å². The van der Waals surface area contributed by atoms with E-state index in [1.807, 2.05) is 13.1 Å². The molecule has 0 spiro atoms. The summed E-state index contributed by atoms with van der Waals surface area (Å²) in [4.78, 5) is 21.0. The Hall–Kier alpha value is -2.28. The molecule has 1 amide bonds. The summed E-state index contributed by atoms with van der Waals surface area (Å²) in [5.41, 5.74) is 3.12. The normalized spacial score (nSPS) is 17.1. The Morgan fingerprint density at radius 3 is 3.23 bits per heavy atom. The molecule has 1 aliphatic rings. The lowest BCUT2D eigenvalue weighted by atomic mass is 9.92. The van der Waals surface area contributed by atoms with Gasteiger partial charge in [0.2, 0.25) is 0 Å². The molecule has 1 unspecified atom stereocenters. The predicted octanol–water partition coefficient (Wildman–Crippen LogP) is 1.21. The summed E-state index contributed by atoms with van der Waals surface area (Å²) in [6.07, 6.45) is 5.66. The Labute approximate surface area is 128 Å². The highest BCUT2D eigenvalue weighted by molar-refractivity contribution is 5.95. The van der Waals surface area contributed by atoms with Crippen molar-refractivity contribution in [3.05, 3.63) is 40.8 Å². The Kier molecular flexibility index (Phi) is 4.15. The molecular formula is C15H18N4O3. The Bertz CT molecular complexity index is 683. The summed E-state index contributed by atoms with van der Waals surface area (Å²) in [5.74, 6) is 0.602. The fraction of sp³-hybridized carbons (Fsp3) is 0.467.